The molecule has 2 saturated heterocycles. The zero-order chi connectivity index (χ0) is 18.7. The number of epoxide rings is 1. The molecule has 2 aliphatic carbocycles. The molecule has 146 valence electrons. The van der Waals surface area contributed by atoms with Gasteiger partial charge in [-0.2, -0.15) is 0 Å². The number of fused-ring (bicyclic) bond motifs is 1. The van der Waals surface area contributed by atoms with E-state index in [9.17, 15) is 20.1 Å². The molecule has 4 rings (SSSR count). The highest BCUT2D eigenvalue weighted by atomic mass is 16.6. The van der Waals surface area contributed by atoms with E-state index in [1.165, 1.54) is 0 Å². The highest BCUT2D eigenvalue weighted by molar-refractivity contribution is 5.91. The topological polar surface area (TPSA) is 99.5 Å². The van der Waals surface area contributed by atoms with E-state index in [4.69, 9.17) is 9.47 Å². The summed E-state index contributed by atoms with van der Waals surface area (Å²) in [5, 5.41) is 30.6. The molecule has 4 fully saturated rings. The number of cyclic esters (lactones) is 1. The first-order chi connectivity index (χ1) is 12.3. The second kappa shape index (κ2) is 6.03. The van der Waals surface area contributed by atoms with Crippen LogP contribution in [-0.2, 0) is 14.3 Å². The van der Waals surface area contributed by atoms with Gasteiger partial charge in [-0.25, -0.2) is 4.79 Å². The summed E-state index contributed by atoms with van der Waals surface area (Å²) in [5.41, 5.74) is -0.405. The van der Waals surface area contributed by atoms with Crippen molar-refractivity contribution in [2.24, 2.45) is 22.7 Å². The summed E-state index contributed by atoms with van der Waals surface area (Å²) in [6.07, 6.45) is 4.53. The Labute approximate surface area is 154 Å². The van der Waals surface area contributed by atoms with Crippen molar-refractivity contribution in [3.05, 3.63) is 11.6 Å². The van der Waals surface area contributed by atoms with Crippen LogP contribution in [0.1, 0.15) is 46.0 Å². The van der Waals surface area contributed by atoms with E-state index in [1.807, 2.05) is 13.0 Å². The maximum atomic E-state index is 11.8. The van der Waals surface area contributed by atoms with Gasteiger partial charge in [0, 0.05) is 5.41 Å². The monoisotopic (exact) mass is 366 g/mol. The van der Waals surface area contributed by atoms with Gasteiger partial charge in [-0.1, -0.05) is 19.9 Å². The number of hydrogen-bond acceptors (Lipinski definition) is 6. The number of hydrogen-bond donors (Lipinski definition) is 3. The molecule has 6 heteroatoms. The Morgan fingerprint density at radius 3 is 2.54 bits per heavy atom. The summed E-state index contributed by atoms with van der Waals surface area (Å²) >= 11 is 0. The van der Waals surface area contributed by atoms with E-state index in [0.717, 1.165) is 25.9 Å². The number of rotatable bonds is 3. The van der Waals surface area contributed by atoms with Gasteiger partial charge in [0.2, 0.25) is 0 Å². The molecule has 0 radical (unpaired) electrons. The van der Waals surface area contributed by atoms with Crippen LogP contribution in [0, 0.1) is 22.7 Å². The van der Waals surface area contributed by atoms with Gasteiger partial charge in [-0.3, -0.25) is 0 Å². The Bertz CT molecular complexity index is 626. The van der Waals surface area contributed by atoms with Gasteiger partial charge in [-0.15, -0.1) is 0 Å². The van der Waals surface area contributed by atoms with Crippen molar-refractivity contribution in [3.63, 3.8) is 0 Å². The van der Waals surface area contributed by atoms with Gasteiger partial charge >= 0.3 is 5.97 Å². The minimum atomic E-state index is -0.846. The zero-order valence-corrected chi connectivity index (χ0v) is 15.6. The molecular weight excluding hydrogens is 336 g/mol. The minimum Gasteiger partial charge on any atom is -0.459 e. The molecular formula is C20H30O6. The Morgan fingerprint density at radius 1 is 1.23 bits per heavy atom. The van der Waals surface area contributed by atoms with E-state index in [2.05, 4.69) is 6.92 Å². The fourth-order valence-electron chi connectivity index (χ4n) is 6.24. The van der Waals surface area contributed by atoms with Crippen LogP contribution < -0.4 is 0 Å². The number of esters is 1. The van der Waals surface area contributed by atoms with Crippen molar-refractivity contribution in [3.8, 4) is 0 Å². The Hall–Kier alpha value is -0.950. The number of allylic oxidation sites excluding steroid dienone is 1. The highest BCUT2D eigenvalue weighted by Gasteiger charge is 2.66. The maximum absolute atomic E-state index is 11.8. The lowest BCUT2D eigenvalue weighted by Crippen LogP contribution is -2.60. The molecule has 0 bridgehead atoms. The van der Waals surface area contributed by atoms with Gasteiger partial charge in [-0.05, 0) is 49.4 Å². The van der Waals surface area contributed by atoms with Crippen molar-refractivity contribution >= 4 is 5.97 Å². The molecule has 0 aromatic heterocycles. The van der Waals surface area contributed by atoms with Gasteiger partial charge in [0.25, 0.3) is 0 Å². The van der Waals surface area contributed by atoms with Gasteiger partial charge in [0.05, 0.1) is 30.5 Å². The molecule has 3 N–H and O–H groups in total. The van der Waals surface area contributed by atoms with Crippen molar-refractivity contribution in [1.82, 2.24) is 0 Å². The number of carbonyl (C=O) groups is 1. The Kier molecular flexibility index (Phi) is 4.27. The zero-order valence-electron chi connectivity index (χ0n) is 15.6. The number of ether oxygens (including phenoxy) is 2. The van der Waals surface area contributed by atoms with Crippen molar-refractivity contribution in [2.75, 3.05) is 19.8 Å². The van der Waals surface area contributed by atoms with Crippen molar-refractivity contribution in [1.29, 1.82) is 0 Å². The molecule has 6 nitrogen and oxygen atoms in total. The van der Waals surface area contributed by atoms with E-state index in [1.54, 1.807) is 0 Å². The fourth-order valence-corrected chi connectivity index (χ4v) is 6.24. The van der Waals surface area contributed by atoms with E-state index < -0.39 is 23.6 Å². The van der Waals surface area contributed by atoms with Crippen LogP contribution in [0.2, 0.25) is 0 Å². The quantitative estimate of drug-likeness (QED) is 0.394. The molecule has 3 unspecified atom stereocenters. The summed E-state index contributed by atoms with van der Waals surface area (Å²) < 4.78 is 10.9. The summed E-state index contributed by atoms with van der Waals surface area (Å²) in [6.45, 7) is 4.99. The molecule has 2 heterocycles. The number of aliphatic hydroxyl groups excluding tert-OH is 3. The van der Waals surface area contributed by atoms with E-state index in [-0.39, 0.29) is 36.1 Å². The normalized spacial score (nSPS) is 52.2. The lowest BCUT2D eigenvalue weighted by molar-refractivity contribution is -0.175. The average Bonchev–Trinajstić information content (AvgIpc) is 3.31. The fraction of sp³-hybridized carbons (Fsp3) is 0.850. The van der Waals surface area contributed by atoms with Crippen molar-refractivity contribution in [2.45, 2.75) is 63.8 Å². The summed E-state index contributed by atoms with van der Waals surface area (Å²) in [5.74, 6) is -0.0392. The predicted octanol–water partition coefficient (Wildman–Crippen LogP) is 1.18. The third kappa shape index (κ3) is 2.49. The first-order valence-electron chi connectivity index (χ1n) is 9.75. The second-order valence-corrected chi connectivity index (χ2v) is 9.23. The molecule has 2 saturated carbocycles. The SMILES string of the molecule is C[C@]12CC[C@@H](O)[C@@](C)(CO)C1CCC1(CO1)C2CC=C1C(=O)OC[C@H]1O. The molecule has 2 aliphatic heterocycles. The largest absolute Gasteiger partial charge is 0.459 e. The van der Waals surface area contributed by atoms with E-state index >= 15 is 0 Å². The van der Waals surface area contributed by atoms with Crippen LogP contribution in [0.3, 0.4) is 0 Å². The van der Waals surface area contributed by atoms with Gasteiger partial charge < -0.3 is 24.8 Å². The summed E-state index contributed by atoms with van der Waals surface area (Å²) in [7, 11) is 0. The van der Waals surface area contributed by atoms with Crippen LogP contribution in [0.5, 0.6) is 0 Å². The smallest absolute Gasteiger partial charge is 0.336 e. The van der Waals surface area contributed by atoms with Gasteiger partial charge in [0.15, 0.2) is 0 Å². The molecule has 4 aliphatic rings. The van der Waals surface area contributed by atoms with Crippen LogP contribution in [0.4, 0.5) is 0 Å². The first kappa shape index (κ1) is 18.4. The third-order valence-electron chi connectivity index (χ3n) is 7.99. The van der Waals surface area contributed by atoms with Crippen LogP contribution in [0.15, 0.2) is 11.6 Å². The highest BCUT2D eigenvalue weighted by Crippen LogP contribution is 2.66. The minimum absolute atomic E-state index is 0.0267. The molecule has 1 spiro atoms. The molecule has 7 atom stereocenters. The first-order valence-corrected chi connectivity index (χ1v) is 9.75. The lowest BCUT2D eigenvalue weighted by Gasteiger charge is -2.60. The Balaban J connectivity index is 1.66. The summed E-state index contributed by atoms with van der Waals surface area (Å²) in [4.78, 5) is 11.8. The number of aliphatic hydroxyl groups is 3. The van der Waals surface area contributed by atoms with Crippen LogP contribution in [0.25, 0.3) is 0 Å². The molecule has 0 amide bonds. The van der Waals surface area contributed by atoms with Crippen molar-refractivity contribution < 1.29 is 29.6 Å². The second-order valence-electron chi connectivity index (χ2n) is 9.23. The molecule has 0 aromatic rings. The molecule has 26 heavy (non-hydrogen) atoms. The number of carbonyl (C=O) groups excluding carboxylic acids is 1. The van der Waals surface area contributed by atoms with E-state index in [0.29, 0.717) is 18.4 Å². The standard InChI is InChI=1S/C20H30O6/c1-18-7-6-16(23)19(2,10-21)14(18)5-8-20(11-26-20)15(18)4-3-12-13(22)9-25-17(12)24/h3,13-16,21-23H,4-11H2,1-2H3/t13-,14?,15?,16-,18+,19+,20?/m1/s1. The lowest BCUT2D eigenvalue weighted by atomic mass is 9.45. The maximum Gasteiger partial charge on any atom is 0.336 e. The van der Waals surface area contributed by atoms with Gasteiger partial charge in [0.1, 0.15) is 12.7 Å². The summed E-state index contributed by atoms with van der Waals surface area (Å²) in [6, 6.07) is 0. The average molecular weight is 366 g/mol. The predicted molar refractivity (Wildman–Crippen MR) is 93.1 cm³/mol. The molecule has 0 aromatic carbocycles. The Morgan fingerprint density at radius 2 is 1.96 bits per heavy atom. The van der Waals surface area contributed by atoms with Crippen LogP contribution >= 0.6 is 0 Å². The third-order valence-corrected chi connectivity index (χ3v) is 7.99. The van der Waals surface area contributed by atoms with Crippen LogP contribution in [-0.4, -0.2) is 58.9 Å².